The molecule has 1 aliphatic heterocycles. The van der Waals surface area contributed by atoms with Crippen molar-refractivity contribution in [2.75, 3.05) is 19.7 Å². The largest absolute Gasteiger partial charge is 0.376 e. The fraction of sp³-hybridized carbons (Fsp3) is 0.500. The van der Waals surface area contributed by atoms with Crippen molar-refractivity contribution in [1.82, 2.24) is 19.9 Å². The standard InChI is InChI=1S/C14H18N4OS/c1-2-12-9-18(6-7-19-12)8-11-10-20-14(17-11)13-15-4-3-5-16-13/h3-5,10,12H,2,6-9H2,1H3/t12-/m1/s1. The normalized spacial score (nSPS) is 20.1. The molecule has 0 radical (unpaired) electrons. The number of aromatic nitrogens is 3. The lowest BCUT2D eigenvalue weighted by Gasteiger charge is -2.31. The van der Waals surface area contributed by atoms with E-state index in [1.807, 2.05) is 6.07 Å². The molecule has 0 spiro atoms. The molecule has 0 bridgehead atoms. The molecule has 106 valence electrons. The Kier molecular flexibility index (Phi) is 4.34. The van der Waals surface area contributed by atoms with E-state index in [1.54, 1.807) is 23.7 Å². The summed E-state index contributed by atoms with van der Waals surface area (Å²) >= 11 is 1.60. The van der Waals surface area contributed by atoms with Crippen LogP contribution in [-0.2, 0) is 11.3 Å². The topological polar surface area (TPSA) is 51.1 Å². The summed E-state index contributed by atoms with van der Waals surface area (Å²) in [7, 11) is 0. The zero-order chi connectivity index (χ0) is 13.8. The quantitative estimate of drug-likeness (QED) is 0.864. The second-order valence-electron chi connectivity index (χ2n) is 4.85. The van der Waals surface area contributed by atoms with E-state index in [-0.39, 0.29) is 0 Å². The van der Waals surface area contributed by atoms with Gasteiger partial charge in [-0.25, -0.2) is 15.0 Å². The predicted molar refractivity (Wildman–Crippen MR) is 78.4 cm³/mol. The summed E-state index contributed by atoms with van der Waals surface area (Å²) in [5.41, 5.74) is 1.09. The molecule has 1 atom stereocenters. The Hall–Kier alpha value is -1.37. The average molecular weight is 290 g/mol. The summed E-state index contributed by atoms with van der Waals surface area (Å²) in [5, 5.41) is 2.99. The molecule has 0 N–H and O–H groups in total. The van der Waals surface area contributed by atoms with Gasteiger partial charge in [0, 0.05) is 37.4 Å². The van der Waals surface area contributed by atoms with Crippen LogP contribution in [0.1, 0.15) is 19.0 Å². The van der Waals surface area contributed by atoms with E-state index < -0.39 is 0 Å². The number of hydrogen-bond acceptors (Lipinski definition) is 6. The number of hydrogen-bond donors (Lipinski definition) is 0. The van der Waals surface area contributed by atoms with Crippen molar-refractivity contribution in [2.45, 2.75) is 26.0 Å². The molecule has 0 aliphatic carbocycles. The Labute approximate surface area is 122 Å². The van der Waals surface area contributed by atoms with Gasteiger partial charge in [0.2, 0.25) is 0 Å². The molecular formula is C14H18N4OS. The van der Waals surface area contributed by atoms with Gasteiger partial charge in [-0.2, -0.15) is 0 Å². The molecule has 0 aromatic carbocycles. The fourth-order valence-electron chi connectivity index (χ4n) is 2.29. The Morgan fingerprint density at radius 2 is 2.25 bits per heavy atom. The van der Waals surface area contributed by atoms with Gasteiger partial charge in [-0.3, -0.25) is 4.90 Å². The van der Waals surface area contributed by atoms with Gasteiger partial charge >= 0.3 is 0 Å². The molecule has 3 heterocycles. The molecule has 2 aromatic heterocycles. The molecule has 1 aliphatic rings. The van der Waals surface area contributed by atoms with Gasteiger partial charge in [0.1, 0.15) is 0 Å². The predicted octanol–water partition coefficient (Wildman–Crippen LogP) is 2.21. The van der Waals surface area contributed by atoms with Crippen LogP contribution in [0.4, 0.5) is 0 Å². The third kappa shape index (κ3) is 3.20. The zero-order valence-electron chi connectivity index (χ0n) is 11.5. The molecule has 20 heavy (non-hydrogen) atoms. The fourth-order valence-corrected chi connectivity index (χ4v) is 3.05. The third-order valence-electron chi connectivity index (χ3n) is 3.37. The van der Waals surface area contributed by atoms with Crippen molar-refractivity contribution in [3.8, 4) is 10.8 Å². The van der Waals surface area contributed by atoms with Gasteiger partial charge in [0.15, 0.2) is 10.8 Å². The van der Waals surface area contributed by atoms with Crippen molar-refractivity contribution in [1.29, 1.82) is 0 Å². The molecule has 5 nitrogen and oxygen atoms in total. The highest BCUT2D eigenvalue weighted by Gasteiger charge is 2.19. The van der Waals surface area contributed by atoms with E-state index in [2.05, 4.69) is 32.2 Å². The van der Waals surface area contributed by atoms with Crippen molar-refractivity contribution in [3.63, 3.8) is 0 Å². The first-order valence-corrected chi connectivity index (χ1v) is 7.79. The van der Waals surface area contributed by atoms with Gasteiger partial charge in [0.05, 0.1) is 18.4 Å². The summed E-state index contributed by atoms with van der Waals surface area (Å²) in [5.74, 6) is 0.706. The molecule has 0 amide bonds. The van der Waals surface area contributed by atoms with Gasteiger partial charge in [0.25, 0.3) is 0 Å². The summed E-state index contributed by atoms with van der Waals surface area (Å²) in [6.07, 6.45) is 4.92. The molecule has 1 fully saturated rings. The van der Waals surface area contributed by atoms with Crippen molar-refractivity contribution in [3.05, 3.63) is 29.5 Å². The van der Waals surface area contributed by atoms with E-state index in [9.17, 15) is 0 Å². The first-order valence-electron chi connectivity index (χ1n) is 6.91. The third-order valence-corrected chi connectivity index (χ3v) is 4.26. The molecule has 2 aromatic rings. The first-order chi connectivity index (χ1) is 9.85. The van der Waals surface area contributed by atoms with Crippen molar-refractivity contribution >= 4 is 11.3 Å². The van der Waals surface area contributed by atoms with Crippen LogP contribution in [0, 0.1) is 0 Å². The van der Waals surface area contributed by atoms with Crippen LogP contribution < -0.4 is 0 Å². The molecule has 3 rings (SSSR count). The molecular weight excluding hydrogens is 272 g/mol. The smallest absolute Gasteiger partial charge is 0.188 e. The zero-order valence-corrected chi connectivity index (χ0v) is 12.3. The van der Waals surface area contributed by atoms with Crippen LogP contribution in [0.25, 0.3) is 10.8 Å². The maximum atomic E-state index is 5.69. The van der Waals surface area contributed by atoms with E-state index in [1.165, 1.54) is 0 Å². The summed E-state index contributed by atoms with van der Waals surface area (Å²) < 4.78 is 5.69. The average Bonchev–Trinajstić information content (AvgIpc) is 2.97. The summed E-state index contributed by atoms with van der Waals surface area (Å²) in [6, 6.07) is 1.82. The lowest BCUT2D eigenvalue weighted by Crippen LogP contribution is -2.41. The Morgan fingerprint density at radius 1 is 1.40 bits per heavy atom. The first kappa shape index (κ1) is 13.6. The molecule has 1 saturated heterocycles. The number of morpholine rings is 1. The van der Waals surface area contributed by atoms with Crippen LogP contribution in [0.2, 0.25) is 0 Å². The van der Waals surface area contributed by atoms with E-state index >= 15 is 0 Å². The Bertz CT molecular complexity index is 545. The lowest BCUT2D eigenvalue weighted by molar-refractivity contribution is -0.0327. The highest BCUT2D eigenvalue weighted by atomic mass is 32.1. The molecule has 6 heteroatoms. The van der Waals surface area contributed by atoms with Crippen molar-refractivity contribution < 1.29 is 4.74 Å². The van der Waals surface area contributed by atoms with Crippen LogP contribution in [0.3, 0.4) is 0 Å². The van der Waals surface area contributed by atoms with Gasteiger partial charge in [-0.1, -0.05) is 6.92 Å². The van der Waals surface area contributed by atoms with Crippen LogP contribution >= 0.6 is 11.3 Å². The second kappa shape index (κ2) is 6.39. The highest BCUT2D eigenvalue weighted by molar-refractivity contribution is 7.13. The maximum Gasteiger partial charge on any atom is 0.188 e. The van der Waals surface area contributed by atoms with Crippen LogP contribution in [-0.4, -0.2) is 45.7 Å². The summed E-state index contributed by atoms with van der Waals surface area (Å²) in [6.45, 7) is 5.83. The van der Waals surface area contributed by atoms with E-state index in [0.717, 1.165) is 43.4 Å². The van der Waals surface area contributed by atoms with E-state index in [0.29, 0.717) is 11.9 Å². The monoisotopic (exact) mass is 290 g/mol. The lowest BCUT2D eigenvalue weighted by atomic mass is 10.2. The number of ether oxygens (including phenoxy) is 1. The van der Waals surface area contributed by atoms with Crippen LogP contribution in [0.15, 0.2) is 23.8 Å². The van der Waals surface area contributed by atoms with Gasteiger partial charge in [-0.15, -0.1) is 11.3 Å². The van der Waals surface area contributed by atoms with E-state index in [4.69, 9.17) is 4.74 Å². The minimum absolute atomic E-state index is 0.360. The number of nitrogens with zero attached hydrogens (tertiary/aromatic N) is 4. The van der Waals surface area contributed by atoms with Gasteiger partial charge in [-0.05, 0) is 12.5 Å². The van der Waals surface area contributed by atoms with Crippen molar-refractivity contribution in [2.24, 2.45) is 0 Å². The minimum atomic E-state index is 0.360. The van der Waals surface area contributed by atoms with Gasteiger partial charge < -0.3 is 4.74 Å². The minimum Gasteiger partial charge on any atom is -0.376 e. The molecule has 0 unspecified atom stereocenters. The number of thiazole rings is 1. The summed E-state index contributed by atoms with van der Waals surface area (Å²) in [4.78, 5) is 15.5. The highest BCUT2D eigenvalue weighted by Crippen LogP contribution is 2.21. The Morgan fingerprint density at radius 3 is 3.05 bits per heavy atom. The SMILES string of the molecule is CC[C@@H]1CN(Cc2csc(-c3ncccn3)n2)CCO1. The molecule has 0 saturated carbocycles. The number of rotatable bonds is 4. The maximum absolute atomic E-state index is 5.69. The second-order valence-corrected chi connectivity index (χ2v) is 5.71. The Balaban J connectivity index is 1.65. The van der Waals surface area contributed by atoms with Crippen LogP contribution in [0.5, 0.6) is 0 Å².